The molecule has 11 heteroatoms. The van der Waals surface area contributed by atoms with Crippen molar-refractivity contribution in [2.75, 3.05) is 31.3 Å². The maximum absolute atomic E-state index is 12.1. The molecular weight excluding hydrogens is 390 g/mol. The molecular formula is C17H31N3O7S. The average molecular weight is 422 g/mol. The van der Waals surface area contributed by atoms with Gasteiger partial charge in [-0.05, 0) is 6.92 Å². The largest absolute Gasteiger partial charge is 0.466 e. The highest BCUT2D eigenvalue weighted by atomic mass is 32.2. The highest BCUT2D eigenvalue weighted by molar-refractivity contribution is 7.99. The third-order valence-corrected chi connectivity index (χ3v) is 4.64. The van der Waals surface area contributed by atoms with Crippen LogP contribution in [-0.4, -0.2) is 78.3 Å². The summed E-state index contributed by atoms with van der Waals surface area (Å²) in [7, 11) is 0. The Morgan fingerprint density at radius 3 is 2.36 bits per heavy atom. The predicted octanol–water partition coefficient (Wildman–Crippen LogP) is -1.06. The Kier molecular flexibility index (Phi) is 14.1. The number of aliphatic hydroxyl groups is 1. The van der Waals surface area contributed by atoms with Gasteiger partial charge in [0.15, 0.2) is 0 Å². The van der Waals surface area contributed by atoms with E-state index in [0.29, 0.717) is 18.7 Å². The summed E-state index contributed by atoms with van der Waals surface area (Å²) >= 11 is 1.30. The lowest BCUT2D eigenvalue weighted by atomic mass is 10.2. The van der Waals surface area contributed by atoms with Crippen LogP contribution in [0.1, 0.15) is 33.6 Å². The average Bonchev–Trinajstić information content (AvgIpc) is 2.65. The molecule has 0 radical (unpaired) electrons. The van der Waals surface area contributed by atoms with Crippen LogP contribution >= 0.6 is 11.8 Å². The maximum atomic E-state index is 12.1. The summed E-state index contributed by atoms with van der Waals surface area (Å²) in [6, 6.07) is -1.98. The first kappa shape index (κ1) is 26.1. The Balaban J connectivity index is 4.46. The predicted molar refractivity (Wildman–Crippen MR) is 104 cm³/mol. The van der Waals surface area contributed by atoms with Gasteiger partial charge in [0.1, 0.15) is 12.1 Å². The molecule has 3 atom stereocenters. The van der Waals surface area contributed by atoms with Crippen LogP contribution in [0.4, 0.5) is 0 Å². The van der Waals surface area contributed by atoms with E-state index in [1.807, 2.05) is 0 Å². The smallest absolute Gasteiger partial charge is 0.305 e. The van der Waals surface area contributed by atoms with Crippen molar-refractivity contribution >= 4 is 35.5 Å². The van der Waals surface area contributed by atoms with E-state index in [9.17, 15) is 24.3 Å². The molecule has 2 amide bonds. The number of hydrogen-bond acceptors (Lipinski definition) is 9. The van der Waals surface area contributed by atoms with Crippen LogP contribution in [0.25, 0.3) is 0 Å². The van der Waals surface area contributed by atoms with Gasteiger partial charge in [-0.1, -0.05) is 6.92 Å². The minimum atomic E-state index is -1.06. The van der Waals surface area contributed by atoms with E-state index < -0.39 is 42.6 Å². The number of hydrogen-bond donors (Lipinski definition) is 4. The minimum absolute atomic E-state index is 0.120. The minimum Gasteiger partial charge on any atom is -0.466 e. The lowest BCUT2D eigenvalue weighted by Gasteiger charge is -2.20. The maximum Gasteiger partial charge on any atom is 0.305 e. The van der Waals surface area contributed by atoms with Crippen LogP contribution in [0.15, 0.2) is 0 Å². The Hall–Kier alpha value is -1.85. The summed E-state index contributed by atoms with van der Waals surface area (Å²) in [6.45, 7) is 4.64. The number of esters is 2. The van der Waals surface area contributed by atoms with Crippen LogP contribution in [0.5, 0.6) is 0 Å². The van der Waals surface area contributed by atoms with E-state index >= 15 is 0 Å². The van der Waals surface area contributed by atoms with Gasteiger partial charge in [-0.3, -0.25) is 19.2 Å². The van der Waals surface area contributed by atoms with Crippen molar-refractivity contribution in [3.05, 3.63) is 0 Å². The number of thioether (sulfide) groups is 1. The summed E-state index contributed by atoms with van der Waals surface area (Å²) in [5.41, 5.74) is 5.82. The Labute approximate surface area is 169 Å². The first-order valence-corrected chi connectivity index (χ1v) is 10.3. The first-order valence-electron chi connectivity index (χ1n) is 9.10. The number of nitrogens with one attached hydrogen (secondary N) is 2. The summed E-state index contributed by atoms with van der Waals surface area (Å²) in [5, 5.41) is 14.1. The molecule has 0 aromatic carbocycles. The van der Waals surface area contributed by atoms with E-state index in [-0.39, 0.29) is 24.7 Å². The van der Waals surface area contributed by atoms with Gasteiger partial charge in [0.05, 0.1) is 19.3 Å². The van der Waals surface area contributed by atoms with E-state index in [0.717, 1.165) is 0 Å². The number of amides is 2. The zero-order valence-electron chi connectivity index (χ0n) is 16.6. The van der Waals surface area contributed by atoms with E-state index in [4.69, 9.17) is 15.2 Å². The summed E-state index contributed by atoms with van der Waals surface area (Å²) < 4.78 is 10.1. The van der Waals surface area contributed by atoms with Crippen molar-refractivity contribution in [3.63, 3.8) is 0 Å². The Morgan fingerprint density at radius 2 is 1.82 bits per heavy atom. The van der Waals surface area contributed by atoms with Crippen molar-refractivity contribution in [2.24, 2.45) is 5.73 Å². The lowest BCUT2D eigenvalue weighted by Crippen LogP contribution is -2.53. The highest BCUT2D eigenvalue weighted by Gasteiger charge is 2.23. The molecule has 0 aliphatic carbocycles. The van der Waals surface area contributed by atoms with Crippen molar-refractivity contribution in [1.29, 1.82) is 0 Å². The normalized spacial score (nSPS) is 13.8. The number of aliphatic hydroxyl groups excluding tert-OH is 1. The monoisotopic (exact) mass is 421 g/mol. The molecule has 3 unspecified atom stereocenters. The number of rotatable bonds is 14. The van der Waals surface area contributed by atoms with Gasteiger partial charge in [0.2, 0.25) is 11.8 Å². The number of carbonyl (C=O) groups is 4. The number of ether oxygens (including phenoxy) is 2. The second kappa shape index (κ2) is 15.1. The molecule has 0 saturated carbocycles. The molecule has 10 nitrogen and oxygen atoms in total. The molecule has 0 rings (SSSR count). The highest BCUT2D eigenvalue weighted by Crippen LogP contribution is 2.12. The summed E-state index contributed by atoms with van der Waals surface area (Å²) in [4.78, 5) is 46.1. The molecule has 0 fully saturated rings. The van der Waals surface area contributed by atoms with E-state index in [1.165, 1.54) is 18.7 Å². The van der Waals surface area contributed by atoms with Crippen molar-refractivity contribution in [1.82, 2.24) is 10.6 Å². The lowest BCUT2D eigenvalue weighted by molar-refractivity contribution is -0.149. The second-order valence-corrected chi connectivity index (χ2v) is 6.95. The van der Waals surface area contributed by atoms with Crippen LogP contribution in [0.2, 0.25) is 0 Å². The second-order valence-electron chi connectivity index (χ2n) is 5.88. The van der Waals surface area contributed by atoms with Gasteiger partial charge in [0.25, 0.3) is 0 Å². The van der Waals surface area contributed by atoms with Gasteiger partial charge in [0, 0.05) is 37.8 Å². The van der Waals surface area contributed by atoms with Crippen LogP contribution < -0.4 is 16.4 Å². The van der Waals surface area contributed by atoms with E-state index in [1.54, 1.807) is 13.8 Å². The molecule has 0 aliphatic rings. The van der Waals surface area contributed by atoms with Crippen LogP contribution in [-0.2, 0) is 28.7 Å². The fraction of sp³-hybridized carbons (Fsp3) is 0.765. The molecule has 162 valence electrons. The van der Waals surface area contributed by atoms with E-state index in [2.05, 4.69) is 10.6 Å². The number of carbonyl (C=O) groups excluding carboxylic acids is 4. The first-order chi connectivity index (χ1) is 13.2. The molecule has 5 N–H and O–H groups in total. The molecule has 0 aromatic rings. The molecule has 0 heterocycles. The molecule has 0 saturated heterocycles. The Morgan fingerprint density at radius 1 is 1.14 bits per heavy atom. The zero-order valence-corrected chi connectivity index (χ0v) is 17.4. The number of likely N-dealkylation sites (N-methyl/N-ethyl adjacent to an activating group) is 1. The van der Waals surface area contributed by atoms with Gasteiger partial charge >= 0.3 is 11.9 Å². The fourth-order valence-corrected chi connectivity index (χ4v) is 2.99. The summed E-state index contributed by atoms with van der Waals surface area (Å²) in [5.74, 6) is -1.27. The van der Waals surface area contributed by atoms with Crippen molar-refractivity contribution in [3.8, 4) is 0 Å². The molecule has 0 spiro atoms. The van der Waals surface area contributed by atoms with Crippen LogP contribution in [0, 0.1) is 0 Å². The standard InChI is InChI=1S/C17H31N3O7S/c1-4-15(23)27-12(6-7-26-11(3)22)9-28-10-13(18)16(24)20-14(8-21)17(25)19-5-2/h12-14,21H,4-10,18H2,1-3H3,(H,19,25)(H,20,24). The summed E-state index contributed by atoms with van der Waals surface area (Å²) in [6.07, 6.45) is 0.0790. The fourth-order valence-electron chi connectivity index (χ4n) is 1.95. The van der Waals surface area contributed by atoms with Crippen molar-refractivity contribution in [2.45, 2.75) is 51.8 Å². The number of nitrogens with two attached hydrogens (primary N) is 1. The van der Waals surface area contributed by atoms with Crippen molar-refractivity contribution < 1.29 is 33.8 Å². The van der Waals surface area contributed by atoms with Crippen LogP contribution in [0.3, 0.4) is 0 Å². The quantitative estimate of drug-likeness (QED) is 0.256. The Bertz CT molecular complexity index is 519. The van der Waals surface area contributed by atoms with Gasteiger partial charge in [-0.2, -0.15) is 11.8 Å². The molecule has 28 heavy (non-hydrogen) atoms. The van der Waals surface area contributed by atoms with Gasteiger partial charge in [-0.15, -0.1) is 0 Å². The van der Waals surface area contributed by atoms with Gasteiger partial charge in [-0.25, -0.2) is 0 Å². The third-order valence-electron chi connectivity index (χ3n) is 3.44. The zero-order chi connectivity index (χ0) is 21.5. The third kappa shape index (κ3) is 11.8. The molecule has 0 aromatic heterocycles. The molecule has 0 bridgehead atoms. The topological polar surface area (TPSA) is 157 Å². The SMILES string of the molecule is CCNC(=O)C(CO)NC(=O)C(N)CSCC(CCOC(C)=O)OC(=O)CC. The molecule has 0 aliphatic heterocycles. The van der Waals surface area contributed by atoms with Gasteiger partial charge < -0.3 is 30.9 Å².